The summed E-state index contributed by atoms with van der Waals surface area (Å²) in [5.74, 6) is -0.362. The van der Waals surface area contributed by atoms with Crippen LogP contribution in [0.5, 0.6) is 0 Å². The minimum absolute atomic E-state index is 0.167. The van der Waals surface area contributed by atoms with Crippen LogP contribution in [0.4, 0.5) is 0 Å². The molecule has 0 saturated carbocycles. The van der Waals surface area contributed by atoms with Crippen LogP contribution in [0.1, 0.15) is 33.6 Å². The Morgan fingerprint density at radius 3 is 1.70 bits per heavy atom. The summed E-state index contributed by atoms with van der Waals surface area (Å²) in [6.45, 7) is 4.17. The molecule has 1 atom stereocenters. The molecule has 0 aliphatic heterocycles. The van der Waals surface area contributed by atoms with Gasteiger partial charge < -0.3 is 9.47 Å². The standard InChI is InChI=1S/C11H11Cl3O2.C11H11ClO2/c12-7-10(14)5-6-16-11(15)8-1-3-9(13)4-2-8;1-2-3-8-14-11(13)9-4-6-10(12)7-5-9/h1-4,10H,5-7H2;2,4-7H,1,3,8H2. The van der Waals surface area contributed by atoms with Crippen molar-refractivity contribution < 1.29 is 19.1 Å². The summed E-state index contributed by atoms with van der Waals surface area (Å²) in [7, 11) is 0. The van der Waals surface area contributed by atoms with E-state index in [9.17, 15) is 9.59 Å². The number of hydrogen-bond donors (Lipinski definition) is 0. The summed E-state index contributed by atoms with van der Waals surface area (Å²) in [4.78, 5) is 22.8. The molecule has 0 heterocycles. The van der Waals surface area contributed by atoms with E-state index >= 15 is 0 Å². The lowest BCUT2D eigenvalue weighted by Gasteiger charge is -2.06. The van der Waals surface area contributed by atoms with Crippen molar-refractivity contribution in [3.63, 3.8) is 0 Å². The zero-order valence-corrected chi connectivity index (χ0v) is 19.2. The lowest BCUT2D eigenvalue weighted by atomic mass is 10.2. The van der Waals surface area contributed by atoms with Gasteiger partial charge in [0.2, 0.25) is 0 Å². The van der Waals surface area contributed by atoms with E-state index in [1.807, 2.05) is 0 Å². The molecule has 4 nitrogen and oxygen atoms in total. The topological polar surface area (TPSA) is 52.6 Å². The normalized spacial score (nSPS) is 10.9. The Morgan fingerprint density at radius 1 is 0.867 bits per heavy atom. The molecular weight excluding hydrogens is 470 g/mol. The first-order chi connectivity index (χ1) is 14.4. The molecular formula is C22H22Cl4O4. The SMILES string of the molecule is C=CCCOC(=O)c1ccc(Cl)cc1.O=C(OCCC(Cl)CCl)c1ccc(Cl)cc1. The maximum atomic E-state index is 11.5. The molecule has 2 rings (SSSR count). The van der Waals surface area contributed by atoms with Gasteiger partial charge in [-0.3, -0.25) is 0 Å². The Hall–Kier alpha value is -1.72. The highest BCUT2D eigenvalue weighted by atomic mass is 35.5. The van der Waals surface area contributed by atoms with Crippen molar-refractivity contribution in [3.8, 4) is 0 Å². The van der Waals surface area contributed by atoms with Crippen molar-refractivity contribution in [2.45, 2.75) is 18.2 Å². The quantitative estimate of drug-likeness (QED) is 0.167. The Bertz CT molecular complexity index is 792. The lowest BCUT2D eigenvalue weighted by Crippen LogP contribution is -2.11. The molecule has 162 valence electrons. The van der Waals surface area contributed by atoms with Crippen molar-refractivity contribution in [2.24, 2.45) is 0 Å². The summed E-state index contributed by atoms with van der Waals surface area (Å²) >= 11 is 22.7. The average Bonchev–Trinajstić information content (AvgIpc) is 2.75. The highest BCUT2D eigenvalue weighted by Crippen LogP contribution is 2.12. The van der Waals surface area contributed by atoms with Crippen LogP contribution in [0.15, 0.2) is 61.2 Å². The fourth-order valence-electron chi connectivity index (χ4n) is 1.93. The van der Waals surface area contributed by atoms with Crippen LogP contribution in [0.2, 0.25) is 10.0 Å². The van der Waals surface area contributed by atoms with Crippen molar-refractivity contribution in [1.29, 1.82) is 0 Å². The van der Waals surface area contributed by atoms with E-state index in [2.05, 4.69) is 6.58 Å². The summed E-state index contributed by atoms with van der Waals surface area (Å²) in [6.07, 6.45) is 2.92. The molecule has 0 radical (unpaired) electrons. The molecule has 0 aliphatic rings. The highest BCUT2D eigenvalue weighted by Gasteiger charge is 2.08. The van der Waals surface area contributed by atoms with Gasteiger partial charge in [0.25, 0.3) is 0 Å². The number of rotatable bonds is 9. The largest absolute Gasteiger partial charge is 0.462 e. The third-order valence-corrected chi connectivity index (χ3v) is 4.95. The van der Waals surface area contributed by atoms with Crippen LogP contribution in [-0.2, 0) is 9.47 Å². The molecule has 2 aromatic carbocycles. The number of esters is 2. The summed E-state index contributed by atoms with van der Waals surface area (Å²) < 4.78 is 9.97. The fraction of sp³-hybridized carbons (Fsp3) is 0.273. The lowest BCUT2D eigenvalue weighted by molar-refractivity contribution is 0.0495. The predicted molar refractivity (Wildman–Crippen MR) is 123 cm³/mol. The predicted octanol–water partition coefficient (Wildman–Crippen LogP) is 6.81. The Balaban J connectivity index is 0.000000303. The number of benzene rings is 2. The van der Waals surface area contributed by atoms with Crippen LogP contribution >= 0.6 is 46.4 Å². The van der Waals surface area contributed by atoms with Gasteiger partial charge in [0, 0.05) is 15.9 Å². The highest BCUT2D eigenvalue weighted by molar-refractivity contribution is 6.31. The van der Waals surface area contributed by atoms with E-state index in [0.717, 1.165) is 0 Å². The van der Waals surface area contributed by atoms with Crippen molar-refractivity contribution >= 4 is 58.3 Å². The van der Waals surface area contributed by atoms with Gasteiger partial charge in [-0.25, -0.2) is 9.59 Å². The molecule has 0 fully saturated rings. The third kappa shape index (κ3) is 10.9. The Morgan fingerprint density at radius 2 is 1.30 bits per heavy atom. The summed E-state index contributed by atoms with van der Waals surface area (Å²) in [5, 5.41) is 1.02. The first-order valence-electron chi connectivity index (χ1n) is 9.03. The minimum Gasteiger partial charge on any atom is -0.462 e. The monoisotopic (exact) mass is 490 g/mol. The molecule has 2 aromatic rings. The number of carbonyl (C=O) groups excluding carboxylic acids is 2. The van der Waals surface area contributed by atoms with Gasteiger partial charge in [0.05, 0.1) is 29.7 Å². The van der Waals surface area contributed by atoms with E-state index in [1.165, 1.54) is 0 Å². The molecule has 0 bridgehead atoms. The van der Waals surface area contributed by atoms with Gasteiger partial charge in [-0.1, -0.05) is 29.3 Å². The van der Waals surface area contributed by atoms with Crippen LogP contribution < -0.4 is 0 Å². The molecule has 1 unspecified atom stereocenters. The second-order valence-corrected chi connectivity index (χ2v) is 7.70. The third-order valence-electron chi connectivity index (χ3n) is 3.55. The van der Waals surface area contributed by atoms with Gasteiger partial charge in [-0.05, 0) is 61.4 Å². The second kappa shape index (κ2) is 15.1. The van der Waals surface area contributed by atoms with E-state index in [1.54, 1.807) is 54.6 Å². The van der Waals surface area contributed by atoms with E-state index in [4.69, 9.17) is 55.9 Å². The number of carbonyl (C=O) groups is 2. The van der Waals surface area contributed by atoms with E-state index in [-0.39, 0.29) is 23.9 Å². The molecule has 0 aliphatic carbocycles. The van der Waals surface area contributed by atoms with Gasteiger partial charge in [0.15, 0.2) is 0 Å². The number of ether oxygens (including phenoxy) is 2. The van der Waals surface area contributed by atoms with Crippen molar-refractivity contribution in [2.75, 3.05) is 19.1 Å². The Labute approximate surface area is 196 Å². The second-order valence-electron chi connectivity index (χ2n) is 5.90. The molecule has 8 heteroatoms. The van der Waals surface area contributed by atoms with Crippen LogP contribution in [0.3, 0.4) is 0 Å². The maximum absolute atomic E-state index is 11.5. The van der Waals surface area contributed by atoms with Crippen LogP contribution in [0, 0.1) is 0 Å². The first kappa shape index (κ1) is 26.3. The molecule has 0 spiro atoms. The zero-order chi connectivity index (χ0) is 22.4. The number of alkyl halides is 2. The van der Waals surface area contributed by atoms with Gasteiger partial charge in [0.1, 0.15) is 0 Å². The van der Waals surface area contributed by atoms with Crippen molar-refractivity contribution in [1.82, 2.24) is 0 Å². The van der Waals surface area contributed by atoms with Crippen molar-refractivity contribution in [3.05, 3.63) is 82.4 Å². The minimum atomic E-state index is -0.380. The fourth-order valence-corrected chi connectivity index (χ4v) is 2.43. The van der Waals surface area contributed by atoms with Gasteiger partial charge in [-0.2, -0.15) is 0 Å². The molecule has 0 saturated heterocycles. The van der Waals surface area contributed by atoms with Gasteiger partial charge >= 0.3 is 11.9 Å². The zero-order valence-electron chi connectivity index (χ0n) is 16.2. The van der Waals surface area contributed by atoms with Crippen LogP contribution in [0.25, 0.3) is 0 Å². The molecule has 0 N–H and O–H groups in total. The molecule has 0 amide bonds. The van der Waals surface area contributed by atoms with E-state index in [0.29, 0.717) is 46.5 Å². The van der Waals surface area contributed by atoms with Crippen LogP contribution in [-0.4, -0.2) is 36.4 Å². The molecule has 0 aromatic heterocycles. The summed E-state index contributed by atoms with van der Waals surface area (Å²) in [5.41, 5.74) is 0.986. The first-order valence-corrected chi connectivity index (χ1v) is 10.8. The van der Waals surface area contributed by atoms with Gasteiger partial charge in [-0.15, -0.1) is 29.8 Å². The number of halogens is 4. The maximum Gasteiger partial charge on any atom is 0.338 e. The molecule has 30 heavy (non-hydrogen) atoms. The average molecular weight is 492 g/mol. The Kier molecular flexibility index (Phi) is 13.3. The summed E-state index contributed by atoms with van der Waals surface area (Å²) in [6, 6.07) is 13.1. The van der Waals surface area contributed by atoms with E-state index < -0.39 is 0 Å². The smallest absolute Gasteiger partial charge is 0.338 e. The number of hydrogen-bond acceptors (Lipinski definition) is 4.